The van der Waals surface area contributed by atoms with Crippen molar-refractivity contribution in [3.05, 3.63) is 86.2 Å². The predicted molar refractivity (Wildman–Crippen MR) is 93.8 cm³/mol. The molecule has 0 unspecified atom stereocenters. The molecule has 4 nitrogen and oxygen atoms in total. The van der Waals surface area contributed by atoms with Gasteiger partial charge in [-0.05, 0) is 29.8 Å². The van der Waals surface area contributed by atoms with E-state index in [1.165, 1.54) is 6.07 Å². The monoisotopic (exact) mass is 368 g/mol. The van der Waals surface area contributed by atoms with Crippen LogP contribution in [0, 0.1) is 23.0 Å². The minimum atomic E-state index is -1.07. The lowest BCUT2D eigenvalue weighted by Crippen LogP contribution is -2.25. The topological polar surface area (TPSA) is 76.1 Å². The smallest absolute Gasteiger partial charge is 0.240 e. The van der Waals surface area contributed by atoms with Crippen molar-refractivity contribution in [3.8, 4) is 11.8 Å². The van der Waals surface area contributed by atoms with Crippen molar-refractivity contribution in [1.29, 1.82) is 5.26 Å². The second-order valence-corrected chi connectivity index (χ2v) is 6.74. The van der Waals surface area contributed by atoms with Crippen LogP contribution in [0.2, 0.25) is 0 Å². The Morgan fingerprint density at radius 3 is 2.65 bits per heavy atom. The van der Waals surface area contributed by atoms with Gasteiger partial charge in [0, 0.05) is 10.1 Å². The zero-order valence-corrected chi connectivity index (χ0v) is 13.9. The number of halogens is 2. The third kappa shape index (κ3) is 2.35. The number of nitrogens with zero attached hydrogens (tertiary/aromatic N) is 1. The Kier molecular flexibility index (Phi) is 3.71. The van der Waals surface area contributed by atoms with E-state index in [9.17, 15) is 18.8 Å². The Hall–Kier alpha value is -3.24. The maximum absolute atomic E-state index is 13.8. The van der Waals surface area contributed by atoms with Gasteiger partial charge in [0.2, 0.25) is 10.6 Å². The van der Waals surface area contributed by atoms with E-state index in [-0.39, 0.29) is 33.1 Å². The summed E-state index contributed by atoms with van der Waals surface area (Å²) in [4.78, 5) is 12.8. The molecule has 1 aromatic heterocycles. The summed E-state index contributed by atoms with van der Waals surface area (Å²) < 4.78 is 33.1. The highest BCUT2D eigenvalue weighted by Crippen LogP contribution is 2.44. The van der Waals surface area contributed by atoms with Gasteiger partial charge in [0.05, 0.1) is 11.5 Å². The van der Waals surface area contributed by atoms with Crippen LogP contribution in [0.5, 0.6) is 5.75 Å². The van der Waals surface area contributed by atoms with Crippen LogP contribution in [0.25, 0.3) is 10.1 Å². The second kappa shape index (κ2) is 5.93. The highest BCUT2D eigenvalue weighted by atomic mass is 32.1. The number of allylic oxidation sites excluding steroid dienone is 1. The van der Waals surface area contributed by atoms with E-state index >= 15 is 0 Å². The number of hydrogen-bond donors (Lipinski definition) is 1. The second-order valence-electron chi connectivity index (χ2n) is 5.73. The summed E-state index contributed by atoms with van der Waals surface area (Å²) in [5, 5.41) is 10.2. The summed E-state index contributed by atoms with van der Waals surface area (Å²) in [6.07, 6.45) is 0. The molecule has 0 aliphatic carbocycles. The maximum atomic E-state index is 13.8. The molecular weight excluding hydrogens is 358 g/mol. The average Bonchev–Trinajstić information content (AvgIpc) is 2.63. The fourth-order valence-electron chi connectivity index (χ4n) is 3.09. The molecule has 1 aliphatic heterocycles. The molecule has 0 saturated heterocycles. The molecule has 2 aromatic carbocycles. The Balaban J connectivity index is 2.08. The highest BCUT2D eigenvalue weighted by molar-refractivity contribution is 7.16. The van der Waals surface area contributed by atoms with Crippen LogP contribution in [0.4, 0.5) is 8.78 Å². The van der Waals surface area contributed by atoms with E-state index in [0.717, 1.165) is 23.5 Å². The van der Waals surface area contributed by atoms with Crippen molar-refractivity contribution in [2.75, 3.05) is 0 Å². The predicted octanol–water partition coefficient (Wildman–Crippen LogP) is 3.76. The molecule has 0 amide bonds. The molecule has 128 valence electrons. The van der Waals surface area contributed by atoms with Crippen LogP contribution in [0.1, 0.15) is 17.0 Å². The lowest BCUT2D eigenvalue weighted by Gasteiger charge is -2.26. The summed E-state index contributed by atoms with van der Waals surface area (Å²) in [5.41, 5.74) is 6.36. The van der Waals surface area contributed by atoms with E-state index in [2.05, 4.69) is 0 Å². The summed E-state index contributed by atoms with van der Waals surface area (Å²) in [6.45, 7) is 0. The van der Waals surface area contributed by atoms with Crippen molar-refractivity contribution < 1.29 is 13.5 Å². The Labute approximate surface area is 150 Å². The van der Waals surface area contributed by atoms with Crippen LogP contribution in [0.15, 0.2) is 58.7 Å². The van der Waals surface area contributed by atoms with Crippen LogP contribution < -0.4 is 15.2 Å². The SMILES string of the molecule is N#CC1=C(N)Oc2c(c(=O)sc3ccccc23)[C@H]1c1ccc(F)c(F)c1. The Morgan fingerprint density at radius 2 is 1.92 bits per heavy atom. The molecule has 4 rings (SSSR count). The standard InChI is InChI=1S/C19H10F2N2O2S/c20-12-6-5-9(7-13(12)21)15-11(8-22)18(23)25-17-10-3-1-2-4-14(10)26-19(24)16(15)17/h1-7,15H,23H2/t15-/m0/s1. The first-order chi connectivity index (χ1) is 12.5. The Bertz CT molecular complexity index is 1190. The first kappa shape index (κ1) is 16.2. The van der Waals surface area contributed by atoms with E-state index in [4.69, 9.17) is 10.5 Å². The lowest BCUT2D eigenvalue weighted by molar-refractivity contribution is 0.398. The van der Waals surface area contributed by atoms with Crippen molar-refractivity contribution in [1.82, 2.24) is 0 Å². The van der Waals surface area contributed by atoms with Crippen molar-refractivity contribution >= 4 is 21.4 Å². The molecule has 1 atom stereocenters. The molecule has 2 N–H and O–H groups in total. The number of nitrogens with two attached hydrogens (primary N) is 1. The molecule has 0 radical (unpaired) electrons. The molecular formula is C19H10F2N2O2S. The molecule has 0 spiro atoms. The average molecular weight is 368 g/mol. The molecule has 0 fully saturated rings. The highest BCUT2D eigenvalue weighted by Gasteiger charge is 2.34. The van der Waals surface area contributed by atoms with Gasteiger partial charge in [-0.2, -0.15) is 5.26 Å². The molecule has 7 heteroatoms. The number of rotatable bonds is 1. The largest absolute Gasteiger partial charge is 0.439 e. The van der Waals surface area contributed by atoms with Crippen LogP contribution in [-0.4, -0.2) is 0 Å². The van der Waals surface area contributed by atoms with Gasteiger partial charge >= 0.3 is 0 Å². The van der Waals surface area contributed by atoms with Gasteiger partial charge in [0.25, 0.3) is 0 Å². The van der Waals surface area contributed by atoms with Crippen LogP contribution in [0.3, 0.4) is 0 Å². The van der Waals surface area contributed by atoms with E-state index in [1.54, 1.807) is 24.3 Å². The van der Waals surface area contributed by atoms with E-state index < -0.39 is 17.6 Å². The Morgan fingerprint density at radius 1 is 1.15 bits per heavy atom. The fraction of sp³-hybridized carbons (Fsp3) is 0.0526. The lowest BCUT2D eigenvalue weighted by atomic mass is 9.84. The third-order valence-corrected chi connectivity index (χ3v) is 5.23. The van der Waals surface area contributed by atoms with Crippen LogP contribution >= 0.6 is 11.3 Å². The van der Waals surface area contributed by atoms with Gasteiger partial charge in [-0.1, -0.05) is 29.5 Å². The number of fused-ring (bicyclic) bond motifs is 3. The van der Waals surface area contributed by atoms with Crippen molar-refractivity contribution in [2.24, 2.45) is 5.73 Å². The van der Waals surface area contributed by atoms with Gasteiger partial charge in [-0.15, -0.1) is 0 Å². The number of nitriles is 1. The summed E-state index contributed by atoms with van der Waals surface area (Å²) in [6, 6.07) is 12.3. The normalized spacial score (nSPS) is 16.1. The fourth-order valence-corrected chi connectivity index (χ4v) is 4.03. The minimum Gasteiger partial charge on any atom is -0.439 e. The summed E-state index contributed by atoms with van der Waals surface area (Å²) in [7, 11) is 0. The number of ether oxygens (including phenoxy) is 1. The molecule has 1 aliphatic rings. The third-order valence-electron chi connectivity index (χ3n) is 4.25. The zero-order valence-electron chi connectivity index (χ0n) is 13.1. The van der Waals surface area contributed by atoms with E-state index in [1.807, 2.05) is 6.07 Å². The van der Waals surface area contributed by atoms with Gasteiger partial charge < -0.3 is 10.5 Å². The molecule has 2 heterocycles. The summed E-state index contributed by atoms with van der Waals surface area (Å²) in [5.74, 6) is -2.92. The van der Waals surface area contributed by atoms with Crippen LogP contribution in [-0.2, 0) is 0 Å². The van der Waals surface area contributed by atoms with Gasteiger partial charge in [-0.3, -0.25) is 4.79 Å². The number of benzene rings is 2. The van der Waals surface area contributed by atoms with E-state index in [0.29, 0.717) is 10.1 Å². The van der Waals surface area contributed by atoms with Gasteiger partial charge in [0.1, 0.15) is 17.4 Å². The molecule has 0 saturated carbocycles. The maximum Gasteiger partial charge on any atom is 0.240 e. The van der Waals surface area contributed by atoms with Gasteiger partial charge in [-0.25, -0.2) is 8.78 Å². The molecule has 0 bridgehead atoms. The molecule has 26 heavy (non-hydrogen) atoms. The number of hydrogen-bond acceptors (Lipinski definition) is 5. The first-order valence-corrected chi connectivity index (χ1v) is 8.41. The van der Waals surface area contributed by atoms with Gasteiger partial charge in [0.15, 0.2) is 11.6 Å². The van der Waals surface area contributed by atoms with Crippen molar-refractivity contribution in [2.45, 2.75) is 5.92 Å². The minimum absolute atomic E-state index is 0.0110. The molecule has 3 aromatic rings. The first-order valence-electron chi connectivity index (χ1n) is 7.59. The quantitative estimate of drug-likeness (QED) is 0.710. The summed E-state index contributed by atoms with van der Waals surface area (Å²) >= 11 is 1.000. The zero-order chi connectivity index (χ0) is 18.4. The van der Waals surface area contributed by atoms with Crippen molar-refractivity contribution in [3.63, 3.8) is 0 Å².